The normalized spacial score (nSPS) is 16.4. The average molecular weight is 316 g/mol. The van der Waals surface area contributed by atoms with Gasteiger partial charge in [-0.05, 0) is 41.9 Å². The molecule has 23 heavy (non-hydrogen) atoms. The molecule has 2 amide bonds. The molecule has 1 aromatic carbocycles. The third-order valence-electron chi connectivity index (χ3n) is 4.80. The van der Waals surface area contributed by atoms with Crippen LogP contribution < -0.4 is 5.73 Å². The summed E-state index contributed by atoms with van der Waals surface area (Å²) in [4.78, 5) is 25.5. The number of carbonyl (C=O) groups excluding carboxylic acids is 2. The number of aryl methyl sites for hydroxylation is 1. The van der Waals surface area contributed by atoms with Crippen LogP contribution in [0.5, 0.6) is 0 Å². The lowest BCUT2D eigenvalue weighted by Crippen LogP contribution is -2.42. The molecule has 126 valence electrons. The van der Waals surface area contributed by atoms with Crippen LogP contribution in [0.15, 0.2) is 18.2 Å². The van der Waals surface area contributed by atoms with Gasteiger partial charge in [0.05, 0.1) is 6.42 Å². The molecule has 1 fully saturated rings. The van der Waals surface area contributed by atoms with Crippen LogP contribution in [-0.4, -0.2) is 29.8 Å². The molecule has 1 aliphatic rings. The molecule has 0 unspecified atom stereocenters. The number of benzene rings is 1. The summed E-state index contributed by atoms with van der Waals surface area (Å²) in [6.07, 6.45) is 1.80. The molecule has 0 aromatic heterocycles. The SMILES string of the molecule is Cc1cc(C(C)(C)C)ccc1CC(=O)N1CCC(C(N)=O)CC1. The number of rotatable bonds is 3. The van der Waals surface area contributed by atoms with Crippen LogP contribution in [0.1, 0.15) is 50.3 Å². The van der Waals surface area contributed by atoms with E-state index in [2.05, 4.69) is 45.9 Å². The summed E-state index contributed by atoms with van der Waals surface area (Å²) >= 11 is 0. The van der Waals surface area contributed by atoms with Crippen LogP contribution in [0.25, 0.3) is 0 Å². The van der Waals surface area contributed by atoms with Crippen molar-refractivity contribution in [2.45, 2.75) is 52.4 Å². The molecule has 1 aromatic rings. The van der Waals surface area contributed by atoms with Gasteiger partial charge in [0.1, 0.15) is 0 Å². The van der Waals surface area contributed by atoms with Crippen molar-refractivity contribution in [1.82, 2.24) is 4.90 Å². The summed E-state index contributed by atoms with van der Waals surface area (Å²) in [7, 11) is 0. The Labute approximate surface area is 139 Å². The number of primary amides is 1. The average Bonchev–Trinajstić information content (AvgIpc) is 2.48. The van der Waals surface area contributed by atoms with Gasteiger partial charge in [-0.15, -0.1) is 0 Å². The fourth-order valence-electron chi connectivity index (χ4n) is 3.05. The van der Waals surface area contributed by atoms with Gasteiger partial charge in [0.15, 0.2) is 0 Å². The van der Waals surface area contributed by atoms with E-state index in [0.29, 0.717) is 32.4 Å². The third-order valence-corrected chi connectivity index (χ3v) is 4.80. The molecule has 0 bridgehead atoms. The van der Waals surface area contributed by atoms with E-state index in [4.69, 9.17) is 5.73 Å². The first-order valence-corrected chi connectivity index (χ1v) is 8.35. The molecule has 0 spiro atoms. The molecular formula is C19H28N2O2. The van der Waals surface area contributed by atoms with E-state index in [1.807, 2.05) is 4.90 Å². The van der Waals surface area contributed by atoms with Gasteiger partial charge in [-0.2, -0.15) is 0 Å². The van der Waals surface area contributed by atoms with Crippen LogP contribution in [0.3, 0.4) is 0 Å². The number of carbonyl (C=O) groups is 2. The maximum Gasteiger partial charge on any atom is 0.226 e. The Morgan fingerprint density at radius 3 is 2.30 bits per heavy atom. The summed E-state index contributed by atoms with van der Waals surface area (Å²) in [5, 5.41) is 0. The van der Waals surface area contributed by atoms with E-state index in [9.17, 15) is 9.59 Å². The van der Waals surface area contributed by atoms with Crippen LogP contribution in [-0.2, 0) is 21.4 Å². The first kappa shape index (κ1) is 17.5. The summed E-state index contributed by atoms with van der Waals surface area (Å²) in [5.41, 5.74) is 8.99. The van der Waals surface area contributed by atoms with Crippen molar-refractivity contribution in [3.8, 4) is 0 Å². The molecule has 0 radical (unpaired) electrons. The molecule has 2 N–H and O–H groups in total. The minimum absolute atomic E-state index is 0.0770. The smallest absolute Gasteiger partial charge is 0.226 e. The van der Waals surface area contributed by atoms with Crippen LogP contribution in [0.4, 0.5) is 0 Å². The van der Waals surface area contributed by atoms with Crippen molar-refractivity contribution in [1.29, 1.82) is 0 Å². The Kier molecular flexibility index (Phi) is 5.12. The molecule has 4 nitrogen and oxygen atoms in total. The molecule has 1 aliphatic heterocycles. The first-order valence-electron chi connectivity index (χ1n) is 8.35. The molecule has 2 rings (SSSR count). The Morgan fingerprint density at radius 2 is 1.83 bits per heavy atom. The number of amides is 2. The lowest BCUT2D eigenvalue weighted by molar-refractivity contribution is -0.134. The molecule has 0 atom stereocenters. The lowest BCUT2D eigenvalue weighted by Gasteiger charge is -2.31. The minimum Gasteiger partial charge on any atom is -0.369 e. The number of nitrogens with two attached hydrogens (primary N) is 1. The predicted molar refractivity (Wildman–Crippen MR) is 92.1 cm³/mol. The van der Waals surface area contributed by atoms with E-state index in [-0.39, 0.29) is 23.1 Å². The molecule has 4 heteroatoms. The molecule has 1 heterocycles. The Balaban J connectivity index is 2.00. The van der Waals surface area contributed by atoms with Crippen molar-refractivity contribution < 1.29 is 9.59 Å². The second-order valence-electron chi connectivity index (χ2n) is 7.63. The van der Waals surface area contributed by atoms with Gasteiger partial charge < -0.3 is 10.6 Å². The number of hydrogen-bond acceptors (Lipinski definition) is 2. The zero-order valence-corrected chi connectivity index (χ0v) is 14.7. The topological polar surface area (TPSA) is 63.4 Å². The van der Waals surface area contributed by atoms with Crippen molar-refractivity contribution >= 4 is 11.8 Å². The standard InChI is InChI=1S/C19H28N2O2/c1-13-11-16(19(2,3)4)6-5-15(13)12-17(22)21-9-7-14(8-10-21)18(20)23/h5-6,11,14H,7-10,12H2,1-4H3,(H2,20,23). The van der Waals surface area contributed by atoms with E-state index in [1.165, 1.54) is 5.56 Å². The van der Waals surface area contributed by atoms with Gasteiger partial charge in [0.25, 0.3) is 0 Å². The summed E-state index contributed by atoms with van der Waals surface area (Å²) < 4.78 is 0. The first-order chi connectivity index (χ1) is 10.7. The highest BCUT2D eigenvalue weighted by molar-refractivity contribution is 5.80. The highest BCUT2D eigenvalue weighted by Crippen LogP contribution is 2.25. The summed E-state index contributed by atoms with van der Waals surface area (Å²) in [5.74, 6) is -0.183. The largest absolute Gasteiger partial charge is 0.369 e. The highest BCUT2D eigenvalue weighted by Gasteiger charge is 2.26. The van der Waals surface area contributed by atoms with Gasteiger partial charge in [-0.3, -0.25) is 9.59 Å². The van der Waals surface area contributed by atoms with Crippen LogP contribution >= 0.6 is 0 Å². The Morgan fingerprint density at radius 1 is 1.22 bits per heavy atom. The zero-order valence-electron chi connectivity index (χ0n) is 14.7. The number of hydrogen-bond donors (Lipinski definition) is 1. The number of likely N-dealkylation sites (tertiary alicyclic amines) is 1. The summed E-state index contributed by atoms with van der Waals surface area (Å²) in [6.45, 7) is 9.90. The van der Waals surface area contributed by atoms with E-state index in [0.717, 1.165) is 11.1 Å². The van der Waals surface area contributed by atoms with Crippen LogP contribution in [0, 0.1) is 12.8 Å². The zero-order chi connectivity index (χ0) is 17.2. The fraction of sp³-hybridized carbons (Fsp3) is 0.579. The summed E-state index contributed by atoms with van der Waals surface area (Å²) in [6, 6.07) is 6.38. The number of piperidine rings is 1. The van der Waals surface area contributed by atoms with E-state index >= 15 is 0 Å². The van der Waals surface area contributed by atoms with Crippen molar-refractivity contribution in [3.05, 3.63) is 34.9 Å². The maximum atomic E-state index is 12.5. The van der Waals surface area contributed by atoms with Crippen molar-refractivity contribution in [2.24, 2.45) is 11.7 Å². The Bertz CT molecular complexity index is 594. The fourth-order valence-corrected chi connectivity index (χ4v) is 3.05. The Hall–Kier alpha value is -1.84. The molecule has 0 saturated carbocycles. The van der Waals surface area contributed by atoms with Crippen LogP contribution in [0.2, 0.25) is 0 Å². The van der Waals surface area contributed by atoms with Gasteiger partial charge in [0, 0.05) is 19.0 Å². The lowest BCUT2D eigenvalue weighted by atomic mass is 9.85. The minimum atomic E-state index is -0.245. The second kappa shape index (κ2) is 6.73. The van der Waals surface area contributed by atoms with Gasteiger partial charge >= 0.3 is 0 Å². The highest BCUT2D eigenvalue weighted by atomic mass is 16.2. The predicted octanol–water partition coefficient (Wildman–Crippen LogP) is 2.56. The van der Waals surface area contributed by atoms with Crippen molar-refractivity contribution in [3.63, 3.8) is 0 Å². The molecule has 0 aliphatic carbocycles. The third kappa shape index (κ3) is 4.34. The number of nitrogens with zero attached hydrogens (tertiary/aromatic N) is 1. The van der Waals surface area contributed by atoms with E-state index < -0.39 is 0 Å². The van der Waals surface area contributed by atoms with E-state index in [1.54, 1.807) is 0 Å². The van der Waals surface area contributed by atoms with Gasteiger partial charge in [-0.1, -0.05) is 39.0 Å². The second-order valence-corrected chi connectivity index (χ2v) is 7.63. The quantitative estimate of drug-likeness (QED) is 0.931. The van der Waals surface area contributed by atoms with Gasteiger partial charge in [-0.25, -0.2) is 0 Å². The maximum absolute atomic E-state index is 12.5. The molecule has 1 saturated heterocycles. The van der Waals surface area contributed by atoms with Gasteiger partial charge in [0.2, 0.25) is 11.8 Å². The van der Waals surface area contributed by atoms with Crippen molar-refractivity contribution in [2.75, 3.05) is 13.1 Å². The monoisotopic (exact) mass is 316 g/mol. The molecular weight excluding hydrogens is 288 g/mol.